The van der Waals surface area contributed by atoms with Crippen molar-refractivity contribution in [1.29, 1.82) is 0 Å². The highest BCUT2D eigenvalue weighted by molar-refractivity contribution is 5.73. The minimum atomic E-state index is 0.593. The van der Waals surface area contributed by atoms with Crippen molar-refractivity contribution >= 4 is 5.69 Å². The van der Waals surface area contributed by atoms with Crippen molar-refractivity contribution in [3.63, 3.8) is 0 Å². The quantitative estimate of drug-likeness (QED) is 0.883. The topological polar surface area (TPSA) is 53.6 Å². The third kappa shape index (κ3) is 2.78. The van der Waals surface area contributed by atoms with Crippen molar-refractivity contribution in [2.45, 2.75) is 45.1 Å². The smallest absolute Gasteiger partial charge is 0.183 e. The lowest BCUT2D eigenvalue weighted by molar-refractivity contribution is 0.463. The predicted molar refractivity (Wildman–Crippen MR) is 77.1 cm³/mol. The first-order valence-corrected chi connectivity index (χ1v) is 7.08. The van der Waals surface area contributed by atoms with Gasteiger partial charge in [-0.1, -0.05) is 31.4 Å². The van der Waals surface area contributed by atoms with Gasteiger partial charge in [-0.2, -0.15) is 5.10 Å². The summed E-state index contributed by atoms with van der Waals surface area (Å²) in [6.07, 6.45) is 6.57. The summed E-state index contributed by atoms with van der Waals surface area (Å²) in [5.41, 5.74) is 2.23. The highest BCUT2D eigenvalue weighted by Gasteiger charge is 2.16. The highest BCUT2D eigenvalue weighted by atomic mass is 15.2. The molecule has 0 unspecified atom stereocenters. The van der Waals surface area contributed by atoms with Gasteiger partial charge >= 0.3 is 0 Å². The van der Waals surface area contributed by atoms with E-state index in [1.807, 2.05) is 13.0 Å². The number of hydrogen-bond donors (Lipinski definition) is 2. The van der Waals surface area contributed by atoms with Gasteiger partial charge in [0.1, 0.15) is 5.82 Å². The van der Waals surface area contributed by atoms with E-state index in [0.29, 0.717) is 6.04 Å². The van der Waals surface area contributed by atoms with Crippen LogP contribution in [-0.4, -0.2) is 21.2 Å². The third-order valence-corrected chi connectivity index (χ3v) is 3.73. The van der Waals surface area contributed by atoms with Crippen LogP contribution in [0.3, 0.4) is 0 Å². The molecule has 1 aliphatic rings. The van der Waals surface area contributed by atoms with Crippen molar-refractivity contribution in [2.75, 3.05) is 5.32 Å². The molecule has 0 aliphatic heterocycles. The molecule has 0 atom stereocenters. The normalized spacial score (nSPS) is 16.5. The maximum atomic E-state index is 4.43. The average molecular weight is 256 g/mol. The Hall–Kier alpha value is -1.84. The van der Waals surface area contributed by atoms with E-state index in [0.717, 1.165) is 22.9 Å². The van der Waals surface area contributed by atoms with Gasteiger partial charge in [-0.25, -0.2) is 4.98 Å². The van der Waals surface area contributed by atoms with Crippen molar-refractivity contribution in [2.24, 2.45) is 0 Å². The summed E-state index contributed by atoms with van der Waals surface area (Å²) < 4.78 is 0. The van der Waals surface area contributed by atoms with Gasteiger partial charge in [0.15, 0.2) is 5.82 Å². The molecule has 0 saturated heterocycles. The zero-order valence-corrected chi connectivity index (χ0v) is 11.3. The Morgan fingerprint density at radius 3 is 2.68 bits per heavy atom. The zero-order valence-electron chi connectivity index (χ0n) is 11.3. The monoisotopic (exact) mass is 256 g/mol. The fourth-order valence-corrected chi connectivity index (χ4v) is 2.73. The van der Waals surface area contributed by atoms with Crippen molar-refractivity contribution in [3.8, 4) is 11.4 Å². The lowest BCUT2D eigenvalue weighted by Crippen LogP contribution is -2.22. The number of aryl methyl sites for hydroxylation is 1. The molecule has 2 aromatic rings. The number of benzene rings is 1. The number of nitrogens with zero attached hydrogens (tertiary/aromatic N) is 2. The van der Waals surface area contributed by atoms with Gasteiger partial charge in [0.05, 0.1) is 0 Å². The number of para-hydroxylation sites is 1. The van der Waals surface area contributed by atoms with Gasteiger partial charge in [0.2, 0.25) is 0 Å². The van der Waals surface area contributed by atoms with Gasteiger partial charge in [0, 0.05) is 17.3 Å². The minimum Gasteiger partial charge on any atom is -0.382 e. The second-order valence-electron chi connectivity index (χ2n) is 5.27. The number of aromatic nitrogens is 3. The van der Waals surface area contributed by atoms with Crippen LogP contribution in [0.25, 0.3) is 11.4 Å². The number of anilines is 1. The number of rotatable bonds is 3. The SMILES string of the molecule is Cc1nc(-c2ccccc2NC2CCCCC2)n[nH]1. The van der Waals surface area contributed by atoms with Gasteiger partial charge in [0.25, 0.3) is 0 Å². The van der Waals surface area contributed by atoms with Crippen LogP contribution in [0.4, 0.5) is 5.69 Å². The molecule has 4 heteroatoms. The van der Waals surface area contributed by atoms with Crippen molar-refractivity contribution < 1.29 is 0 Å². The van der Waals surface area contributed by atoms with E-state index < -0.39 is 0 Å². The molecule has 1 fully saturated rings. The first-order chi connectivity index (χ1) is 9.33. The number of H-pyrrole nitrogens is 1. The Balaban J connectivity index is 1.84. The largest absolute Gasteiger partial charge is 0.382 e. The maximum Gasteiger partial charge on any atom is 0.183 e. The fourth-order valence-electron chi connectivity index (χ4n) is 2.73. The molecule has 1 saturated carbocycles. The maximum absolute atomic E-state index is 4.43. The van der Waals surface area contributed by atoms with Crippen LogP contribution in [0.1, 0.15) is 37.9 Å². The lowest BCUT2D eigenvalue weighted by Gasteiger charge is -2.24. The summed E-state index contributed by atoms with van der Waals surface area (Å²) >= 11 is 0. The highest BCUT2D eigenvalue weighted by Crippen LogP contribution is 2.28. The van der Waals surface area contributed by atoms with Gasteiger partial charge in [-0.15, -0.1) is 0 Å². The summed E-state index contributed by atoms with van der Waals surface area (Å²) in [6, 6.07) is 8.89. The Labute approximate surface area is 113 Å². The molecule has 1 aromatic carbocycles. The summed E-state index contributed by atoms with van der Waals surface area (Å²) in [6.45, 7) is 1.92. The van der Waals surface area contributed by atoms with Gasteiger partial charge in [-0.05, 0) is 31.9 Å². The molecule has 0 amide bonds. The molecule has 1 aliphatic carbocycles. The molecule has 0 radical (unpaired) electrons. The third-order valence-electron chi connectivity index (χ3n) is 3.73. The van der Waals surface area contributed by atoms with Gasteiger partial charge < -0.3 is 5.32 Å². The second kappa shape index (κ2) is 5.43. The van der Waals surface area contributed by atoms with Crippen molar-refractivity contribution in [3.05, 3.63) is 30.1 Å². The van der Waals surface area contributed by atoms with Crippen LogP contribution in [0.2, 0.25) is 0 Å². The van der Waals surface area contributed by atoms with Crippen LogP contribution < -0.4 is 5.32 Å². The van der Waals surface area contributed by atoms with E-state index >= 15 is 0 Å². The van der Waals surface area contributed by atoms with E-state index in [4.69, 9.17) is 0 Å². The molecule has 0 spiro atoms. The van der Waals surface area contributed by atoms with E-state index in [1.165, 1.54) is 32.1 Å². The average Bonchev–Trinajstić information content (AvgIpc) is 2.87. The van der Waals surface area contributed by atoms with Gasteiger partial charge in [-0.3, -0.25) is 5.10 Å². The minimum absolute atomic E-state index is 0.593. The number of nitrogens with one attached hydrogen (secondary N) is 2. The summed E-state index contributed by atoms with van der Waals surface area (Å²) in [7, 11) is 0. The lowest BCUT2D eigenvalue weighted by atomic mass is 9.95. The van der Waals surface area contributed by atoms with E-state index in [2.05, 4.69) is 38.7 Å². The fraction of sp³-hybridized carbons (Fsp3) is 0.467. The van der Waals surface area contributed by atoms with E-state index in [9.17, 15) is 0 Å². The first kappa shape index (κ1) is 12.2. The Kier molecular flexibility index (Phi) is 3.49. The van der Waals surface area contributed by atoms with Crippen LogP contribution >= 0.6 is 0 Å². The Morgan fingerprint density at radius 1 is 1.16 bits per heavy atom. The van der Waals surface area contributed by atoms with Crippen LogP contribution in [0.15, 0.2) is 24.3 Å². The summed E-state index contributed by atoms with van der Waals surface area (Å²) in [5.74, 6) is 1.62. The van der Waals surface area contributed by atoms with E-state index in [1.54, 1.807) is 0 Å². The summed E-state index contributed by atoms with van der Waals surface area (Å²) in [5, 5.41) is 10.8. The Morgan fingerprint density at radius 2 is 1.95 bits per heavy atom. The molecule has 3 rings (SSSR count). The predicted octanol–water partition coefficient (Wildman–Crippen LogP) is 3.52. The Bertz CT molecular complexity index is 541. The number of aromatic amines is 1. The van der Waals surface area contributed by atoms with Crippen molar-refractivity contribution in [1.82, 2.24) is 15.2 Å². The summed E-state index contributed by atoms with van der Waals surface area (Å²) in [4.78, 5) is 4.43. The molecular weight excluding hydrogens is 236 g/mol. The molecule has 0 bridgehead atoms. The molecule has 4 nitrogen and oxygen atoms in total. The van der Waals surface area contributed by atoms with Crippen LogP contribution in [0.5, 0.6) is 0 Å². The first-order valence-electron chi connectivity index (χ1n) is 7.08. The molecule has 2 N–H and O–H groups in total. The standard InChI is InChI=1S/C15H20N4/c1-11-16-15(19-18-11)13-9-5-6-10-14(13)17-12-7-3-2-4-8-12/h5-6,9-10,12,17H,2-4,7-8H2,1H3,(H,16,18,19). The molecular formula is C15H20N4. The number of hydrogen-bond acceptors (Lipinski definition) is 3. The second-order valence-corrected chi connectivity index (χ2v) is 5.27. The molecule has 100 valence electrons. The van der Waals surface area contributed by atoms with Crippen LogP contribution in [-0.2, 0) is 0 Å². The van der Waals surface area contributed by atoms with Crippen LogP contribution in [0, 0.1) is 6.92 Å². The molecule has 19 heavy (non-hydrogen) atoms. The molecule has 1 heterocycles. The molecule has 1 aromatic heterocycles. The zero-order chi connectivity index (χ0) is 13.1. The van der Waals surface area contributed by atoms with E-state index in [-0.39, 0.29) is 0 Å².